The summed E-state index contributed by atoms with van der Waals surface area (Å²) in [5.74, 6) is 0. The highest BCUT2D eigenvalue weighted by molar-refractivity contribution is 5.86. The number of benzene rings is 1. The summed E-state index contributed by atoms with van der Waals surface area (Å²) < 4.78 is 2.57. The molecule has 122 valence electrons. The minimum absolute atomic E-state index is 1.08. The first kappa shape index (κ1) is 16.1. The molecule has 0 bridgehead atoms. The molecule has 2 heterocycles. The summed E-state index contributed by atoms with van der Waals surface area (Å²) >= 11 is 0. The summed E-state index contributed by atoms with van der Waals surface area (Å²) in [4.78, 5) is 2.44. The summed E-state index contributed by atoms with van der Waals surface area (Å²) in [6.07, 6.45) is 8.74. The van der Waals surface area contributed by atoms with Gasteiger partial charge in [-0.15, -0.1) is 0 Å². The lowest BCUT2D eigenvalue weighted by Crippen LogP contribution is -2.27. The van der Waals surface area contributed by atoms with E-state index in [2.05, 4.69) is 73.7 Å². The third kappa shape index (κ3) is 3.28. The average molecular weight is 308 g/mol. The van der Waals surface area contributed by atoms with Crippen molar-refractivity contribution in [3.8, 4) is 0 Å². The molecule has 23 heavy (non-hydrogen) atoms. The Bertz CT molecular complexity index is 762. The molecule has 0 N–H and O–H groups in total. The van der Waals surface area contributed by atoms with Crippen LogP contribution in [0.3, 0.4) is 0 Å². The number of aromatic nitrogens is 1. The molecule has 0 atom stereocenters. The van der Waals surface area contributed by atoms with Crippen LogP contribution in [0.4, 0.5) is 0 Å². The first-order valence-corrected chi connectivity index (χ1v) is 8.67. The van der Waals surface area contributed by atoms with Gasteiger partial charge in [-0.05, 0) is 51.9 Å². The van der Waals surface area contributed by atoms with Crippen molar-refractivity contribution in [2.24, 2.45) is 0 Å². The van der Waals surface area contributed by atoms with Gasteiger partial charge in [0, 0.05) is 42.7 Å². The van der Waals surface area contributed by atoms with Crippen LogP contribution in [-0.2, 0) is 19.5 Å². The maximum atomic E-state index is 2.57. The molecule has 1 aromatic carbocycles. The minimum atomic E-state index is 1.08. The number of hydrogen-bond donors (Lipinski definition) is 0. The lowest BCUT2D eigenvalue weighted by molar-refractivity contribution is 0.309. The molecule has 0 aliphatic carbocycles. The average Bonchev–Trinajstić information content (AvgIpc) is 2.83. The smallest absolute Gasteiger partial charge is 0.0486 e. The second-order valence-corrected chi connectivity index (χ2v) is 6.87. The Labute approximate surface area is 140 Å². The number of fused-ring (bicyclic) bond motifs is 3. The normalized spacial score (nSPS) is 16.4. The Morgan fingerprint density at radius 2 is 2.13 bits per heavy atom. The van der Waals surface area contributed by atoms with Crippen LogP contribution >= 0.6 is 0 Å². The van der Waals surface area contributed by atoms with E-state index in [0.29, 0.717) is 0 Å². The van der Waals surface area contributed by atoms with Gasteiger partial charge in [-0.25, -0.2) is 0 Å². The summed E-state index contributed by atoms with van der Waals surface area (Å²) in [5, 5.41) is 1.46. The van der Waals surface area contributed by atoms with Crippen LogP contribution in [-0.4, -0.2) is 23.1 Å². The third-order valence-electron chi connectivity index (χ3n) is 4.90. The molecule has 0 fully saturated rings. The number of likely N-dealkylation sites (N-methyl/N-ethyl adjacent to an activating group) is 1. The fourth-order valence-electron chi connectivity index (χ4n) is 3.59. The fourth-order valence-corrected chi connectivity index (χ4v) is 3.59. The van der Waals surface area contributed by atoms with Crippen LogP contribution < -0.4 is 0 Å². The van der Waals surface area contributed by atoms with Gasteiger partial charge in [0.05, 0.1) is 0 Å². The van der Waals surface area contributed by atoms with E-state index in [-0.39, 0.29) is 0 Å². The Morgan fingerprint density at radius 3 is 2.91 bits per heavy atom. The van der Waals surface area contributed by atoms with E-state index < -0.39 is 0 Å². The topological polar surface area (TPSA) is 8.17 Å². The fraction of sp³-hybridized carbons (Fsp3) is 0.429. The van der Waals surface area contributed by atoms with Crippen molar-refractivity contribution < 1.29 is 0 Å². The van der Waals surface area contributed by atoms with Crippen LogP contribution in [0.5, 0.6) is 0 Å². The standard InChI is InChI=1S/C21H28N2/c1-5-6-7-16(2)10-13-23-20-9-8-17(3)14-18(20)19-15-22(4)12-11-21(19)23/h5-9,14H,10-13,15H2,1-4H3/b6-5-,16-7+. The van der Waals surface area contributed by atoms with Gasteiger partial charge < -0.3 is 9.47 Å². The van der Waals surface area contributed by atoms with Crippen LogP contribution in [0, 0.1) is 6.92 Å². The molecule has 2 nitrogen and oxygen atoms in total. The number of rotatable bonds is 4. The molecular formula is C21H28N2. The monoisotopic (exact) mass is 308 g/mol. The Balaban J connectivity index is 1.99. The molecule has 1 aliphatic rings. The molecule has 0 amide bonds. The van der Waals surface area contributed by atoms with Crippen LogP contribution in [0.1, 0.15) is 37.1 Å². The molecule has 1 aliphatic heterocycles. The number of allylic oxidation sites excluding steroid dienone is 4. The highest BCUT2D eigenvalue weighted by Crippen LogP contribution is 2.31. The maximum Gasteiger partial charge on any atom is 0.0486 e. The molecule has 2 heteroatoms. The largest absolute Gasteiger partial charge is 0.344 e. The summed E-state index contributed by atoms with van der Waals surface area (Å²) in [6.45, 7) is 9.82. The van der Waals surface area contributed by atoms with Gasteiger partial charge in [-0.1, -0.05) is 35.4 Å². The first-order valence-electron chi connectivity index (χ1n) is 8.67. The maximum absolute atomic E-state index is 2.57. The number of hydrogen-bond acceptors (Lipinski definition) is 1. The summed E-state index contributed by atoms with van der Waals surface area (Å²) in [5.41, 5.74) is 7.32. The Kier molecular flexibility index (Phi) is 4.72. The van der Waals surface area contributed by atoms with Crippen molar-refractivity contribution in [1.82, 2.24) is 9.47 Å². The van der Waals surface area contributed by atoms with E-state index in [0.717, 1.165) is 32.5 Å². The molecule has 0 unspecified atom stereocenters. The van der Waals surface area contributed by atoms with Crippen LogP contribution in [0.2, 0.25) is 0 Å². The molecule has 0 radical (unpaired) electrons. The van der Waals surface area contributed by atoms with E-state index in [1.54, 1.807) is 11.3 Å². The van der Waals surface area contributed by atoms with E-state index in [4.69, 9.17) is 0 Å². The predicted molar refractivity (Wildman–Crippen MR) is 99.9 cm³/mol. The SMILES string of the molecule is C/C=C\C=C(/C)CCn1c2c(c3cc(C)ccc31)CN(C)CC2. The van der Waals surface area contributed by atoms with E-state index in [1.165, 1.54) is 22.0 Å². The molecule has 0 saturated heterocycles. The molecule has 2 aromatic rings. The van der Waals surface area contributed by atoms with Crippen molar-refractivity contribution in [2.45, 2.75) is 46.7 Å². The van der Waals surface area contributed by atoms with Crippen molar-refractivity contribution in [3.63, 3.8) is 0 Å². The van der Waals surface area contributed by atoms with Gasteiger partial charge in [-0.3, -0.25) is 0 Å². The second kappa shape index (κ2) is 6.76. The van der Waals surface area contributed by atoms with E-state index >= 15 is 0 Å². The summed E-state index contributed by atoms with van der Waals surface area (Å²) in [6, 6.07) is 6.93. The van der Waals surface area contributed by atoms with Crippen molar-refractivity contribution in [3.05, 3.63) is 58.8 Å². The molecule has 0 saturated carbocycles. The van der Waals surface area contributed by atoms with Gasteiger partial charge >= 0.3 is 0 Å². The lowest BCUT2D eigenvalue weighted by Gasteiger charge is -2.24. The zero-order valence-electron chi connectivity index (χ0n) is 14.9. The lowest BCUT2D eigenvalue weighted by atomic mass is 10.0. The van der Waals surface area contributed by atoms with Gasteiger partial charge in [0.15, 0.2) is 0 Å². The van der Waals surface area contributed by atoms with Gasteiger partial charge in [-0.2, -0.15) is 0 Å². The first-order chi connectivity index (χ1) is 11.1. The number of nitrogens with zero attached hydrogens (tertiary/aromatic N) is 2. The van der Waals surface area contributed by atoms with Crippen molar-refractivity contribution >= 4 is 10.9 Å². The zero-order valence-corrected chi connectivity index (χ0v) is 14.9. The van der Waals surface area contributed by atoms with Crippen molar-refractivity contribution in [2.75, 3.05) is 13.6 Å². The highest BCUT2D eigenvalue weighted by atomic mass is 15.1. The zero-order chi connectivity index (χ0) is 16.4. The minimum Gasteiger partial charge on any atom is -0.344 e. The van der Waals surface area contributed by atoms with Gasteiger partial charge in [0.25, 0.3) is 0 Å². The molecule has 0 spiro atoms. The molecule has 3 rings (SSSR count). The van der Waals surface area contributed by atoms with E-state index in [1.807, 2.05) is 0 Å². The molecule has 1 aromatic heterocycles. The highest BCUT2D eigenvalue weighted by Gasteiger charge is 2.22. The van der Waals surface area contributed by atoms with Crippen molar-refractivity contribution in [1.29, 1.82) is 0 Å². The van der Waals surface area contributed by atoms with Gasteiger partial charge in [0.1, 0.15) is 0 Å². The third-order valence-corrected chi connectivity index (χ3v) is 4.90. The predicted octanol–water partition coefficient (Wildman–Crippen LogP) is 4.85. The quantitative estimate of drug-likeness (QED) is 0.733. The molecular weight excluding hydrogens is 280 g/mol. The van der Waals surface area contributed by atoms with E-state index in [9.17, 15) is 0 Å². The second-order valence-electron chi connectivity index (χ2n) is 6.87. The number of aryl methyl sites for hydroxylation is 2. The van der Waals surface area contributed by atoms with Gasteiger partial charge in [0.2, 0.25) is 0 Å². The Morgan fingerprint density at radius 1 is 1.30 bits per heavy atom. The Hall–Kier alpha value is -1.80. The van der Waals surface area contributed by atoms with Crippen LogP contribution in [0.15, 0.2) is 42.0 Å². The van der Waals surface area contributed by atoms with Crippen LogP contribution in [0.25, 0.3) is 10.9 Å². The summed E-state index contributed by atoms with van der Waals surface area (Å²) in [7, 11) is 2.23.